The molecule has 4 aliphatic rings. The van der Waals surface area contributed by atoms with Crippen LogP contribution in [-0.2, 0) is 16.2 Å². The van der Waals surface area contributed by atoms with E-state index >= 15 is 0 Å². The summed E-state index contributed by atoms with van der Waals surface area (Å²) in [4.78, 5) is 45.8. The van der Waals surface area contributed by atoms with Crippen LogP contribution < -0.4 is 14.5 Å². The zero-order chi connectivity index (χ0) is 27.0. The molecule has 2 aliphatic heterocycles. The highest BCUT2D eigenvalue weighted by molar-refractivity contribution is 8.00. The number of thioether (sulfide) groups is 1. The number of hydrogen-bond acceptors (Lipinski definition) is 6. The van der Waals surface area contributed by atoms with Gasteiger partial charge in [0.25, 0.3) is 0 Å². The van der Waals surface area contributed by atoms with Crippen molar-refractivity contribution in [3.63, 3.8) is 0 Å². The van der Waals surface area contributed by atoms with E-state index in [-0.39, 0.29) is 57.4 Å². The van der Waals surface area contributed by atoms with Gasteiger partial charge in [0.1, 0.15) is 12.4 Å². The summed E-state index contributed by atoms with van der Waals surface area (Å²) in [6.07, 6.45) is 0.862. The monoisotopic (exact) mass is 566 g/mol. The van der Waals surface area contributed by atoms with E-state index in [1.165, 1.54) is 16.2 Å². The van der Waals surface area contributed by atoms with Gasteiger partial charge in [-0.05, 0) is 47.9 Å². The minimum Gasteiger partial charge on any atom is -0.489 e. The Kier molecular flexibility index (Phi) is 5.57. The summed E-state index contributed by atoms with van der Waals surface area (Å²) in [6.45, 7) is 0.444. The van der Waals surface area contributed by atoms with E-state index in [9.17, 15) is 14.4 Å². The second-order valence-corrected chi connectivity index (χ2v) is 13.3. The van der Waals surface area contributed by atoms with E-state index in [0.29, 0.717) is 12.3 Å². The van der Waals surface area contributed by atoms with Gasteiger partial charge in [-0.15, -0.1) is 11.8 Å². The van der Waals surface area contributed by atoms with Gasteiger partial charge in [0, 0.05) is 21.6 Å². The summed E-state index contributed by atoms with van der Waals surface area (Å²) < 4.78 is 6.41. The molecular formula is C32H26N2O4S2. The molecule has 2 aliphatic carbocycles. The molecule has 2 amide bonds. The summed E-state index contributed by atoms with van der Waals surface area (Å²) in [5, 5.41) is 1.04. The van der Waals surface area contributed by atoms with Crippen LogP contribution in [0.1, 0.15) is 28.3 Å². The van der Waals surface area contributed by atoms with Crippen molar-refractivity contribution in [3.8, 4) is 5.75 Å². The Labute approximate surface area is 239 Å². The van der Waals surface area contributed by atoms with Crippen molar-refractivity contribution in [3.05, 3.63) is 111 Å². The maximum atomic E-state index is 13.9. The largest absolute Gasteiger partial charge is 0.489 e. The molecule has 3 fully saturated rings. The molecule has 1 saturated heterocycles. The van der Waals surface area contributed by atoms with Crippen molar-refractivity contribution in [2.45, 2.75) is 29.2 Å². The number of carbonyl (C=O) groups is 2. The number of ether oxygens (including phenoxy) is 1. The Morgan fingerprint density at radius 2 is 1.50 bits per heavy atom. The molecule has 3 heterocycles. The van der Waals surface area contributed by atoms with Gasteiger partial charge in [-0.25, -0.2) is 0 Å². The van der Waals surface area contributed by atoms with Gasteiger partial charge in [0.15, 0.2) is 0 Å². The van der Waals surface area contributed by atoms with Gasteiger partial charge in [-0.3, -0.25) is 19.3 Å². The predicted octanol–water partition coefficient (Wildman–Crippen LogP) is 5.69. The third-order valence-corrected chi connectivity index (χ3v) is 11.8. The number of H-pyrrole nitrogens is 1. The number of thiazole rings is 1. The topological polar surface area (TPSA) is 79.5 Å². The second-order valence-electron chi connectivity index (χ2n) is 11.1. The van der Waals surface area contributed by atoms with Crippen molar-refractivity contribution in [1.82, 2.24) is 4.98 Å². The van der Waals surface area contributed by atoms with E-state index in [1.807, 2.05) is 78.9 Å². The molecule has 7 atom stereocenters. The number of nitrogens with one attached hydrogen (secondary N) is 1. The van der Waals surface area contributed by atoms with E-state index in [1.54, 1.807) is 11.8 Å². The first-order valence-electron chi connectivity index (χ1n) is 13.7. The number of anilines is 1. The third kappa shape index (κ3) is 3.52. The second kappa shape index (κ2) is 9.21. The summed E-state index contributed by atoms with van der Waals surface area (Å²) in [7, 11) is 0. The number of aromatic nitrogens is 1. The van der Waals surface area contributed by atoms with Crippen molar-refractivity contribution in [1.29, 1.82) is 0 Å². The molecule has 1 aromatic heterocycles. The lowest BCUT2D eigenvalue weighted by atomic mass is 9.68. The highest BCUT2D eigenvalue weighted by Crippen LogP contribution is 2.69. The number of hydrogen-bond donors (Lipinski definition) is 1. The van der Waals surface area contributed by atoms with Crippen LogP contribution in [0.25, 0.3) is 0 Å². The average Bonchev–Trinajstić information content (AvgIpc) is 3.72. The number of amides is 2. The van der Waals surface area contributed by atoms with Crippen LogP contribution in [0.3, 0.4) is 0 Å². The molecule has 6 nitrogen and oxygen atoms in total. The molecule has 4 aromatic rings. The number of fused-ring (bicyclic) bond motifs is 9. The van der Waals surface area contributed by atoms with Crippen molar-refractivity contribution < 1.29 is 14.3 Å². The fourth-order valence-corrected chi connectivity index (χ4v) is 10.7. The minimum absolute atomic E-state index is 0.0650. The molecular weight excluding hydrogens is 540 g/mol. The predicted molar refractivity (Wildman–Crippen MR) is 155 cm³/mol. The maximum absolute atomic E-state index is 13.9. The smallest absolute Gasteiger partial charge is 0.305 e. The van der Waals surface area contributed by atoms with Crippen LogP contribution in [0.15, 0.2) is 94.7 Å². The Morgan fingerprint density at radius 1 is 0.825 bits per heavy atom. The molecule has 40 heavy (non-hydrogen) atoms. The first-order chi connectivity index (χ1) is 19.6. The number of nitrogens with zero attached hydrogens (tertiary/aromatic N) is 1. The minimum atomic E-state index is -0.323. The average molecular weight is 567 g/mol. The van der Waals surface area contributed by atoms with Crippen LogP contribution in [0, 0.1) is 29.6 Å². The number of benzene rings is 3. The zero-order valence-electron chi connectivity index (χ0n) is 21.4. The molecule has 3 aromatic carbocycles. The number of imide groups is 1. The van der Waals surface area contributed by atoms with E-state index < -0.39 is 0 Å². The van der Waals surface area contributed by atoms with Gasteiger partial charge >= 0.3 is 4.87 Å². The van der Waals surface area contributed by atoms with Crippen molar-refractivity contribution >= 4 is 40.6 Å². The number of aromatic amines is 1. The zero-order valence-corrected chi connectivity index (χ0v) is 23.1. The van der Waals surface area contributed by atoms with E-state index in [0.717, 1.165) is 33.2 Å². The number of para-hydroxylation sites is 2. The standard InChI is InChI=1S/C32H26N2O4S2/c35-30-25-20-15-21(26(25)31(36)34(30)18-11-5-2-6-12-18)27-24(20)23(28-29(39-27)33-32(37)40-28)19-13-7-8-14-22(19)38-16-17-9-3-1-4-10-17/h1-14,20-21,23-27H,15-16H2,(H,33,37)/t20-,21-,23?,24?,25?,26?,27?/m1/s1. The fraction of sp³-hybridized carbons (Fsp3) is 0.281. The van der Waals surface area contributed by atoms with Gasteiger partial charge in [-0.2, -0.15) is 0 Å². The van der Waals surface area contributed by atoms with Gasteiger partial charge in [-0.1, -0.05) is 78.1 Å². The first kappa shape index (κ1) is 24.2. The molecule has 8 heteroatoms. The third-order valence-electron chi connectivity index (χ3n) is 9.23. The van der Waals surface area contributed by atoms with Crippen LogP contribution >= 0.6 is 23.1 Å². The molecule has 0 spiro atoms. The summed E-state index contributed by atoms with van der Waals surface area (Å²) in [5.74, 6) is 0.235. The summed E-state index contributed by atoms with van der Waals surface area (Å²) in [5.41, 5.74) is 2.78. The molecule has 2 saturated carbocycles. The Balaban J connectivity index is 1.20. The lowest BCUT2D eigenvalue weighted by Gasteiger charge is -2.43. The molecule has 1 N–H and O–H groups in total. The van der Waals surface area contributed by atoms with Gasteiger partial charge in [0.2, 0.25) is 11.8 Å². The fourth-order valence-electron chi connectivity index (χ4n) is 7.80. The maximum Gasteiger partial charge on any atom is 0.305 e. The first-order valence-corrected chi connectivity index (χ1v) is 15.4. The Hall–Kier alpha value is -3.62. The molecule has 200 valence electrons. The van der Waals surface area contributed by atoms with Crippen LogP contribution in [-0.4, -0.2) is 22.0 Å². The summed E-state index contributed by atoms with van der Waals surface area (Å²) >= 11 is 2.97. The van der Waals surface area contributed by atoms with Gasteiger partial charge < -0.3 is 9.72 Å². The highest BCUT2D eigenvalue weighted by Gasteiger charge is 2.69. The lowest BCUT2D eigenvalue weighted by Crippen LogP contribution is -2.42. The quantitative estimate of drug-likeness (QED) is 0.314. The van der Waals surface area contributed by atoms with Crippen molar-refractivity contribution in [2.75, 3.05) is 4.90 Å². The molecule has 5 unspecified atom stereocenters. The molecule has 8 rings (SSSR count). The Bertz CT molecular complexity index is 1680. The SMILES string of the molecule is O=C1C2C(C(=O)N1c1ccccc1)[C@@H]1C[C@H]2C2Sc3[nH]c(=O)sc3C(c3ccccc3OCc3ccccc3)C21. The lowest BCUT2D eigenvalue weighted by molar-refractivity contribution is -0.123. The van der Waals surface area contributed by atoms with E-state index in [2.05, 4.69) is 11.1 Å². The Morgan fingerprint density at radius 3 is 2.27 bits per heavy atom. The molecule has 2 bridgehead atoms. The number of rotatable bonds is 5. The van der Waals surface area contributed by atoms with Crippen molar-refractivity contribution in [2.24, 2.45) is 29.6 Å². The number of carbonyl (C=O) groups excluding carboxylic acids is 2. The normalized spacial score (nSPS) is 29.8. The van der Waals surface area contributed by atoms with Gasteiger partial charge in [0.05, 0.1) is 22.5 Å². The van der Waals surface area contributed by atoms with Crippen LogP contribution in [0.4, 0.5) is 5.69 Å². The molecule has 0 radical (unpaired) electrons. The summed E-state index contributed by atoms with van der Waals surface area (Å²) in [6, 6.07) is 27.5. The van der Waals surface area contributed by atoms with Crippen LogP contribution in [0.5, 0.6) is 5.75 Å². The van der Waals surface area contributed by atoms with Crippen LogP contribution in [0.2, 0.25) is 0 Å². The van der Waals surface area contributed by atoms with E-state index in [4.69, 9.17) is 4.74 Å². The highest BCUT2D eigenvalue weighted by atomic mass is 32.2.